The van der Waals surface area contributed by atoms with Crippen LogP contribution in [-0.4, -0.2) is 10.7 Å². The molecule has 1 heteroatoms. The molecule has 4 aliphatic rings. The van der Waals surface area contributed by atoms with Crippen LogP contribution in [0.15, 0.2) is 0 Å². The first-order valence-electron chi connectivity index (χ1n) is 19.6. The Balaban J connectivity index is 0. The molecule has 0 aromatic heterocycles. The second-order valence-electron chi connectivity index (χ2n) is 15.0. The molecule has 0 radical (unpaired) electrons. The molecule has 258 valence electrons. The van der Waals surface area contributed by atoms with Gasteiger partial charge in [-0.25, -0.2) is 0 Å². The van der Waals surface area contributed by atoms with Crippen LogP contribution in [0.25, 0.3) is 0 Å². The van der Waals surface area contributed by atoms with Gasteiger partial charge in [0.1, 0.15) is 0 Å². The third kappa shape index (κ3) is 12.7. The molecule has 4 fully saturated rings. The van der Waals surface area contributed by atoms with Crippen LogP contribution in [-0.2, 0) is 0 Å². The van der Waals surface area contributed by atoms with Crippen LogP contribution in [0, 0.1) is 65.1 Å². The molecular formula is C42H84O. The summed E-state index contributed by atoms with van der Waals surface area (Å²) >= 11 is 0. The van der Waals surface area contributed by atoms with E-state index >= 15 is 0 Å². The topological polar surface area (TPSA) is 20.2 Å². The quantitative estimate of drug-likeness (QED) is 0.244. The van der Waals surface area contributed by atoms with E-state index in [-0.39, 0.29) is 0 Å². The van der Waals surface area contributed by atoms with Gasteiger partial charge in [-0.1, -0.05) is 128 Å². The second kappa shape index (κ2) is 22.9. The second-order valence-corrected chi connectivity index (χ2v) is 15.0. The Hall–Kier alpha value is -0.480. The summed E-state index contributed by atoms with van der Waals surface area (Å²) in [5.41, 5.74) is 0.740. The fraction of sp³-hybridized carbons (Fsp3) is 0.952. The molecule has 0 aromatic rings. The van der Waals surface area contributed by atoms with Crippen molar-refractivity contribution in [3.05, 3.63) is 0 Å². The zero-order valence-corrected chi connectivity index (χ0v) is 32.5. The highest BCUT2D eigenvalue weighted by Crippen LogP contribution is 2.70. The summed E-state index contributed by atoms with van der Waals surface area (Å²) in [6.07, 6.45) is 30.9. The lowest BCUT2D eigenvalue weighted by atomic mass is 9.51. The fourth-order valence-electron chi connectivity index (χ4n) is 9.87. The Kier molecular flexibility index (Phi) is 23.8. The molecule has 0 aliphatic heterocycles. The highest BCUT2D eigenvalue weighted by atomic mass is 16.3. The van der Waals surface area contributed by atoms with E-state index in [1.165, 1.54) is 89.9 Å². The largest absolute Gasteiger partial charge is 0.390 e. The van der Waals surface area contributed by atoms with E-state index < -0.39 is 5.60 Å². The van der Waals surface area contributed by atoms with Crippen molar-refractivity contribution in [2.24, 2.45) is 52.3 Å². The van der Waals surface area contributed by atoms with Crippen LogP contribution < -0.4 is 0 Å². The number of rotatable bonds is 5. The highest BCUT2D eigenvalue weighted by Gasteiger charge is 2.62. The molecule has 0 heterocycles. The number of fused-ring (bicyclic) bond motifs is 5. The number of hydrogen-bond acceptors (Lipinski definition) is 1. The lowest BCUT2D eigenvalue weighted by molar-refractivity contribution is -0.0442. The number of aliphatic hydroxyl groups is 1. The van der Waals surface area contributed by atoms with Gasteiger partial charge in [0.15, 0.2) is 0 Å². The van der Waals surface area contributed by atoms with E-state index in [0.29, 0.717) is 10.8 Å². The number of unbranched alkanes of at least 4 members (excludes halogenated alkanes) is 1. The third-order valence-corrected chi connectivity index (χ3v) is 12.1. The third-order valence-electron chi connectivity index (χ3n) is 12.1. The van der Waals surface area contributed by atoms with Gasteiger partial charge in [0, 0.05) is 0 Å². The molecule has 9 unspecified atom stereocenters. The summed E-state index contributed by atoms with van der Waals surface area (Å²) in [6, 6.07) is 0. The Bertz CT molecular complexity index is 672. The molecule has 0 aromatic carbocycles. The van der Waals surface area contributed by atoms with Gasteiger partial charge < -0.3 is 5.11 Å². The fourth-order valence-corrected chi connectivity index (χ4v) is 9.87. The van der Waals surface area contributed by atoms with Gasteiger partial charge in [-0.05, 0) is 124 Å². The summed E-state index contributed by atoms with van der Waals surface area (Å²) < 4.78 is 0. The van der Waals surface area contributed by atoms with Crippen molar-refractivity contribution in [2.75, 3.05) is 0 Å². The van der Waals surface area contributed by atoms with Crippen molar-refractivity contribution in [3.63, 3.8) is 0 Å². The highest BCUT2D eigenvalue weighted by molar-refractivity contribution is 5.11. The monoisotopic (exact) mass is 605 g/mol. The molecule has 4 aliphatic carbocycles. The van der Waals surface area contributed by atoms with E-state index in [1.54, 1.807) is 6.42 Å². The van der Waals surface area contributed by atoms with Crippen LogP contribution in [0.3, 0.4) is 0 Å². The Morgan fingerprint density at radius 3 is 1.65 bits per heavy atom. The molecule has 43 heavy (non-hydrogen) atoms. The predicted molar refractivity (Wildman–Crippen MR) is 197 cm³/mol. The maximum absolute atomic E-state index is 10.1. The summed E-state index contributed by atoms with van der Waals surface area (Å²) in [5, 5.41) is 10.1. The standard InChI is InChI=1S/C32H58O.4C2H6.C2H2/c1-23-10-9-11-24(2)14-17-27-25(15-13-23)22-29-28-18-16-26(12-7-8-19-30(3,4)33)31(28,5)20-21-32(27,29)6;5*1-2/h23-29,33H,7-22H2,1-6H3;4*1-2H3;1-2H. The number of terminal acetylenes is 1. The first kappa shape index (κ1) is 44.6. The number of hydrogen-bond donors (Lipinski definition) is 1. The maximum Gasteiger partial charge on any atom is 0.0591 e. The molecular weight excluding hydrogens is 520 g/mol. The summed E-state index contributed by atoms with van der Waals surface area (Å²) in [5.74, 6) is 6.83. The molecule has 9 atom stereocenters. The van der Waals surface area contributed by atoms with Gasteiger partial charge in [0.2, 0.25) is 0 Å². The van der Waals surface area contributed by atoms with Gasteiger partial charge in [-0.3, -0.25) is 0 Å². The van der Waals surface area contributed by atoms with Crippen LogP contribution >= 0.6 is 0 Å². The van der Waals surface area contributed by atoms with E-state index in [4.69, 9.17) is 0 Å². The average molecular weight is 605 g/mol. The van der Waals surface area contributed by atoms with Gasteiger partial charge in [0.05, 0.1) is 5.60 Å². The van der Waals surface area contributed by atoms with Crippen molar-refractivity contribution >= 4 is 0 Å². The SMILES string of the molecule is C#C.CC.CC.CC.CC.CC1CCCC(C)CCC2C(CC1)CC1C3CCC(CCCCC(C)(C)O)C3(C)CCC21C. The van der Waals surface area contributed by atoms with E-state index in [1.807, 2.05) is 69.2 Å². The predicted octanol–water partition coefficient (Wildman–Crippen LogP) is 13.8. The molecule has 0 spiro atoms. The summed E-state index contributed by atoms with van der Waals surface area (Å²) in [4.78, 5) is 0. The first-order chi connectivity index (χ1) is 20.5. The van der Waals surface area contributed by atoms with Gasteiger partial charge in [-0.2, -0.15) is 0 Å². The summed E-state index contributed by atoms with van der Waals surface area (Å²) in [7, 11) is 0. The van der Waals surface area contributed by atoms with Crippen molar-refractivity contribution in [3.8, 4) is 12.8 Å². The Morgan fingerprint density at radius 1 is 0.628 bits per heavy atom. The van der Waals surface area contributed by atoms with Gasteiger partial charge in [0.25, 0.3) is 0 Å². The molecule has 0 bridgehead atoms. The molecule has 0 saturated heterocycles. The lowest BCUT2D eigenvalue weighted by Gasteiger charge is -2.53. The summed E-state index contributed by atoms with van der Waals surface area (Å²) in [6.45, 7) is 30.5. The molecule has 1 N–H and O–H groups in total. The molecule has 0 amide bonds. The Labute approximate surface area is 275 Å². The van der Waals surface area contributed by atoms with Crippen molar-refractivity contribution < 1.29 is 5.11 Å². The minimum atomic E-state index is -0.488. The first-order valence-corrected chi connectivity index (χ1v) is 19.6. The van der Waals surface area contributed by atoms with E-state index in [0.717, 1.165) is 47.8 Å². The lowest BCUT2D eigenvalue weighted by Crippen LogP contribution is -2.46. The Morgan fingerprint density at radius 2 is 1.12 bits per heavy atom. The van der Waals surface area contributed by atoms with Crippen LogP contribution in [0.5, 0.6) is 0 Å². The minimum Gasteiger partial charge on any atom is -0.390 e. The van der Waals surface area contributed by atoms with Crippen LogP contribution in [0.4, 0.5) is 0 Å². The van der Waals surface area contributed by atoms with Crippen molar-refractivity contribution in [1.82, 2.24) is 0 Å². The van der Waals surface area contributed by atoms with E-state index in [2.05, 4.69) is 40.5 Å². The van der Waals surface area contributed by atoms with Crippen LogP contribution in [0.2, 0.25) is 0 Å². The van der Waals surface area contributed by atoms with Crippen molar-refractivity contribution in [2.45, 2.75) is 205 Å². The van der Waals surface area contributed by atoms with E-state index in [9.17, 15) is 5.11 Å². The smallest absolute Gasteiger partial charge is 0.0591 e. The maximum atomic E-state index is 10.1. The zero-order chi connectivity index (χ0) is 33.9. The molecule has 1 nitrogen and oxygen atoms in total. The van der Waals surface area contributed by atoms with Gasteiger partial charge >= 0.3 is 0 Å². The molecule has 4 saturated carbocycles. The van der Waals surface area contributed by atoms with Crippen molar-refractivity contribution in [1.29, 1.82) is 0 Å². The average Bonchev–Trinajstić information content (AvgIpc) is 3.49. The van der Waals surface area contributed by atoms with Gasteiger partial charge in [-0.15, -0.1) is 12.8 Å². The normalized spacial score (nSPS) is 36.5. The van der Waals surface area contributed by atoms with Crippen LogP contribution in [0.1, 0.15) is 200 Å². The molecule has 4 rings (SSSR count). The minimum absolute atomic E-state index is 0.488. The zero-order valence-electron chi connectivity index (χ0n) is 32.5.